The number of hydrogen-bond donors (Lipinski definition) is 2. The highest BCUT2D eigenvalue weighted by molar-refractivity contribution is 6.01. The molecule has 0 saturated carbocycles. The number of rotatable bonds is 5. The maximum atomic E-state index is 11.6. The van der Waals surface area contributed by atoms with Gasteiger partial charge in [0, 0.05) is 37.9 Å². The smallest absolute Gasteiger partial charge is 0.320 e. The van der Waals surface area contributed by atoms with Crippen LogP contribution in [-0.2, 0) is 9.59 Å². The molecule has 1 aromatic heterocycles. The quantitative estimate of drug-likeness (QED) is 0.790. The van der Waals surface area contributed by atoms with E-state index in [1.807, 2.05) is 13.8 Å². The lowest BCUT2D eigenvalue weighted by molar-refractivity contribution is -0.138. The van der Waals surface area contributed by atoms with Crippen LogP contribution in [0.3, 0.4) is 0 Å². The monoisotopic (exact) mass is 294 g/mol. The van der Waals surface area contributed by atoms with Crippen LogP contribution in [0.25, 0.3) is 0 Å². The van der Waals surface area contributed by atoms with E-state index in [0.29, 0.717) is 11.6 Å². The molecule has 8 nitrogen and oxygen atoms in total. The summed E-state index contributed by atoms with van der Waals surface area (Å²) in [5, 5.41) is 8.80. The molecule has 8 heteroatoms. The number of imide groups is 1. The maximum Gasteiger partial charge on any atom is 0.320 e. The Morgan fingerprint density at radius 1 is 1.38 bits per heavy atom. The molecule has 0 aliphatic carbocycles. The molecule has 0 unspecified atom stereocenters. The molecule has 1 aliphatic rings. The van der Waals surface area contributed by atoms with Gasteiger partial charge in [-0.1, -0.05) is 19.0 Å². The summed E-state index contributed by atoms with van der Waals surface area (Å²) in [7, 11) is 0. The Morgan fingerprint density at radius 3 is 2.62 bits per heavy atom. The Hall–Kier alpha value is -2.38. The first-order valence-corrected chi connectivity index (χ1v) is 6.82. The van der Waals surface area contributed by atoms with Gasteiger partial charge in [0.25, 0.3) is 0 Å². The van der Waals surface area contributed by atoms with Crippen LogP contribution in [0, 0.1) is 0 Å². The number of urea groups is 1. The van der Waals surface area contributed by atoms with Crippen molar-refractivity contribution in [2.45, 2.75) is 32.6 Å². The average molecular weight is 294 g/mol. The fraction of sp³-hybridized carbons (Fsp3) is 0.538. The van der Waals surface area contributed by atoms with Crippen molar-refractivity contribution < 1.29 is 18.9 Å². The van der Waals surface area contributed by atoms with E-state index in [9.17, 15) is 14.4 Å². The van der Waals surface area contributed by atoms with E-state index in [1.54, 1.807) is 6.07 Å². The third-order valence-electron chi connectivity index (χ3n) is 3.11. The highest BCUT2D eigenvalue weighted by Gasteiger charge is 2.28. The zero-order chi connectivity index (χ0) is 15.4. The number of aromatic nitrogens is 1. The average Bonchev–Trinajstić information content (AvgIpc) is 3.00. The second-order valence-electron chi connectivity index (χ2n) is 5.09. The molecule has 0 spiro atoms. The standard InChI is InChI=1S/C13H18N4O4/c1-8(2)9-7-10(16-21-9)15-13(20)14-5-6-17-11(18)3-4-12(17)19/h7-8H,3-6H2,1-2H3,(H2,14,15,16,20). The normalized spacial score (nSPS) is 14.9. The summed E-state index contributed by atoms with van der Waals surface area (Å²) in [6.07, 6.45) is 0.504. The first kappa shape index (κ1) is 15.0. The molecule has 1 saturated heterocycles. The van der Waals surface area contributed by atoms with Crippen molar-refractivity contribution >= 4 is 23.7 Å². The Morgan fingerprint density at radius 2 is 2.05 bits per heavy atom. The molecule has 2 heterocycles. The first-order valence-electron chi connectivity index (χ1n) is 6.82. The number of anilines is 1. The number of carbonyl (C=O) groups is 3. The van der Waals surface area contributed by atoms with E-state index in [4.69, 9.17) is 4.52 Å². The van der Waals surface area contributed by atoms with E-state index in [1.165, 1.54) is 0 Å². The van der Waals surface area contributed by atoms with E-state index in [2.05, 4.69) is 15.8 Å². The first-order chi connectivity index (χ1) is 9.97. The van der Waals surface area contributed by atoms with Gasteiger partial charge in [-0.15, -0.1) is 0 Å². The number of amides is 4. The third kappa shape index (κ3) is 3.80. The number of carbonyl (C=O) groups excluding carboxylic acids is 3. The van der Waals surface area contributed by atoms with Gasteiger partial charge >= 0.3 is 6.03 Å². The summed E-state index contributed by atoms with van der Waals surface area (Å²) in [6.45, 7) is 4.28. The van der Waals surface area contributed by atoms with E-state index < -0.39 is 6.03 Å². The van der Waals surface area contributed by atoms with Crippen LogP contribution in [0.1, 0.15) is 38.4 Å². The summed E-state index contributed by atoms with van der Waals surface area (Å²) in [5.74, 6) is 0.798. The third-order valence-corrected chi connectivity index (χ3v) is 3.11. The van der Waals surface area contributed by atoms with Gasteiger partial charge < -0.3 is 9.84 Å². The lowest BCUT2D eigenvalue weighted by Gasteiger charge is -2.13. The van der Waals surface area contributed by atoms with Gasteiger partial charge in [0.1, 0.15) is 5.76 Å². The van der Waals surface area contributed by atoms with Crippen LogP contribution in [0.2, 0.25) is 0 Å². The Balaban J connectivity index is 1.74. The minimum absolute atomic E-state index is 0.182. The van der Waals surface area contributed by atoms with Crippen molar-refractivity contribution in [3.8, 4) is 0 Å². The minimum atomic E-state index is -0.460. The van der Waals surface area contributed by atoms with Gasteiger partial charge in [0.15, 0.2) is 5.82 Å². The molecule has 0 bridgehead atoms. The van der Waals surface area contributed by atoms with Gasteiger partial charge in [-0.3, -0.25) is 19.8 Å². The number of nitrogens with one attached hydrogen (secondary N) is 2. The minimum Gasteiger partial charge on any atom is -0.359 e. The van der Waals surface area contributed by atoms with Crippen LogP contribution in [0.5, 0.6) is 0 Å². The highest BCUT2D eigenvalue weighted by Crippen LogP contribution is 2.17. The largest absolute Gasteiger partial charge is 0.359 e. The van der Waals surface area contributed by atoms with Crippen LogP contribution >= 0.6 is 0 Å². The molecule has 1 fully saturated rings. The van der Waals surface area contributed by atoms with Crippen LogP contribution < -0.4 is 10.6 Å². The zero-order valence-corrected chi connectivity index (χ0v) is 12.0. The summed E-state index contributed by atoms with van der Waals surface area (Å²) < 4.78 is 5.05. The van der Waals surface area contributed by atoms with E-state index in [-0.39, 0.29) is 43.7 Å². The van der Waals surface area contributed by atoms with Crippen molar-refractivity contribution in [3.63, 3.8) is 0 Å². The molecule has 21 heavy (non-hydrogen) atoms. The number of likely N-dealkylation sites (tertiary alicyclic amines) is 1. The molecule has 4 amide bonds. The second kappa shape index (κ2) is 6.38. The number of nitrogens with zero attached hydrogens (tertiary/aromatic N) is 2. The second-order valence-corrected chi connectivity index (χ2v) is 5.09. The van der Waals surface area contributed by atoms with Crippen molar-refractivity contribution in [2.24, 2.45) is 0 Å². The molecule has 1 aromatic rings. The summed E-state index contributed by atoms with van der Waals surface area (Å²) in [5.41, 5.74) is 0. The fourth-order valence-corrected chi connectivity index (χ4v) is 1.93. The van der Waals surface area contributed by atoms with E-state index in [0.717, 1.165) is 4.90 Å². The fourth-order valence-electron chi connectivity index (χ4n) is 1.93. The zero-order valence-electron chi connectivity index (χ0n) is 12.0. The SMILES string of the molecule is CC(C)c1cc(NC(=O)NCCN2C(=O)CCC2=O)no1. The lowest BCUT2D eigenvalue weighted by atomic mass is 10.2. The van der Waals surface area contributed by atoms with Crippen molar-refractivity contribution in [1.29, 1.82) is 0 Å². The molecular weight excluding hydrogens is 276 g/mol. The van der Waals surface area contributed by atoms with Gasteiger partial charge in [0.05, 0.1) is 0 Å². The Labute approximate surface area is 121 Å². The lowest BCUT2D eigenvalue weighted by Crippen LogP contribution is -2.39. The van der Waals surface area contributed by atoms with Gasteiger partial charge in [-0.25, -0.2) is 4.79 Å². The summed E-state index contributed by atoms with van der Waals surface area (Å²) in [4.78, 5) is 35.5. The topological polar surface area (TPSA) is 105 Å². The summed E-state index contributed by atoms with van der Waals surface area (Å²) >= 11 is 0. The molecule has 1 aliphatic heterocycles. The molecule has 2 rings (SSSR count). The van der Waals surface area contributed by atoms with Crippen LogP contribution in [0.4, 0.5) is 10.6 Å². The molecule has 0 atom stereocenters. The molecule has 2 N–H and O–H groups in total. The molecule has 0 aromatic carbocycles. The van der Waals surface area contributed by atoms with Crippen LogP contribution in [0.15, 0.2) is 10.6 Å². The Bertz CT molecular complexity index is 536. The maximum absolute atomic E-state index is 11.6. The van der Waals surface area contributed by atoms with Gasteiger partial charge in [-0.05, 0) is 0 Å². The van der Waals surface area contributed by atoms with Crippen LogP contribution in [-0.4, -0.2) is 41.0 Å². The molecule has 114 valence electrons. The van der Waals surface area contributed by atoms with Crippen molar-refractivity contribution in [1.82, 2.24) is 15.4 Å². The van der Waals surface area contributed by atoms with Gasteiger partial charge in [-0.2, -0.15) is 0 Å². The van der Waals surface area contributed by atoms with E-state index >= 15 is 0 Å². The molecule has 0 radical (unpaired) electrons. The highest BCUT2D eigenvalue weighted by atomic mass is 16.5. The molecular formula is C13H18N4O4. The van der Waals surface area contributed by atoms with Crippen molar-refractivity contribution in [2.75, 3.05) is 18.4 Å². The van der Waals surface area contributed by atoms with Gasteiger partial charge in [0.2, 0.25) is 11.8 Å². The summed E-state index contributed by atoms with van der Waals surface area (Å²) in [6, 6.07) is 1.19. The van der Waals surface area contributed by atoms with Crippen molar-refractivity contribution in [3.05, 3.63) is 11.8 Å². The predicted molar refractivity (Wildman–Crippen MR) is 73.6 cm³/mol. The predicted octanol–water partition coefficient (Wildman–Crippen LogP) is 1.07. The number of hydrogen-bond acceptors (Lipinski definition) is 5. The Kier molecular flexibility index (Phi) is 4.56.